The highest BCUT2D eigenvalue weighted by atomic mass is 35.5. The second-order valence-electron chi connectivity index (χ2n) is 9.12. The number of hydrogen-bond donors (Lipinski definition) is 1. The fourth-order valence-electron chi connectivity index (χ4n) is 3.95. The Balaban J connectivity index is 1.86. The van der Waals surface area contributed by atoms with E-state index in [4.69, 9.17) is 11.6 Å². The number of benzene rings is 3. The van der Waals surface area contributed by atoms with Gasteiger partial charge in [-0.3, -0.25) is 9.59 Å². The van der Waals surface area contributed by atoms with Crippen molar-refractivity contribution in [2.24, 2.45) is 0 Å². The molecule has 4 nitrogen and oxygen atoms in total. The van der Waals surface area contributed by atoms with Crippen LogP contribution < -0.4 is 5.32 Å². The van der Waals surface area contributed by atoms with Gasteiger partial charge in [0.2, 0.25) is 11.8 Å². The second kappa shape index (κ2) is 14.1. The predicted molar refractivity (Wildman–Crippen MR) is 151 cm³/mol. The molecule has 190 valence electrons. The lowest BCUT2D eigenvalue weighted by Crippen LogP contribution is -2.52. The van der Waals surface area contributed by atoms with Crippen molar-refractivity contribution in [1.29, 1.82) is 0 Å². The third kappa shape index (κ3) is 8.42. The number of rotatable bonds is 12. The summed E-state index contributed by atoms with van der Waals surface area (Å²) in [5.74, 6) is 0.713. The van der Waals surface area contributed by atoms with Crippen LogP contribution >= 0.6 is 23.4 Å². The molecule has 2 amide bonds. The zero-order valence-electron chi connectivity index (χ0n) is 21.2. The topological polar surface area (TPSA) is 49.4 Å². The number of hydrogen-bond acceptors (Lipinski definition) is 3. The number of thioether (sulfide) groups is 1. The number of aryl methyl sites for hydroxylation is 1. The first-order chi connectivity index (χ1) is 17.4. The van der Waals surface area contributed by atoms with Crippen molar-refractivity contribution in [3.8, 4) is 0 Å². The van der Waals surface area contributed by atoms with Crippen molar-refractivity contribution in [3.05, 3.63) is 106 Å². The lowest BCUT2D eigenvalue weighted by atomic mass is 10.0. The Labute approximate surface area is 224 Å². The summed E-state index contributed by atoms with van der Waals surface area (Å²) in [4.78, 5) is 29.0. The van der Waals surface area contributed by atoms with Gasteiger partial charge in [-0.05, 0) is 43.0 Å². The van der Waals surface area contributed by atoms with Gasteiger partial charge in [0.05, 0.1) is 5.75 Å². The van der Waals surface area contributed by atoms with E-state index in [1.165, 1.54) is 11.8 Å². The van der Waals surface area contributed by atoms with Crippen LogP contribution in [0.25, 0.3) is 0 Å². The van der Waals surface area contributed by atoms with E-state index in [0.29, 0.717) is 23.7 Å². The van der Waals surface area contributed by atoms with Crippen LogP contribution in [-0.4, -0.2) is 34.6 Å². The average molecular weight is 523 g/mol. The maximum Gasteiger partial charge on any atom is 0.243 e. The normalized spacial score (nSPS) is 12.6. The Morgan fingerprint density at radius 1 is 0.972 bits per heavy atom. The van der Waals surface area contributed by atoms with Crippen LogP contribution in [0.2, 0.25) is 5.02 Å². The lowest BCUT2D eigenvalue weighted by molar-refractivity contribution is -0.139. The molecule has 3 aromatic carbocycles. The standard InChI is InChI=1S/C30H35ClN2O2S/c1-4-23(3)32-30(35)28(18-24-12-6-5-7-13-24)33(19-25-14-10-11-22(2)17-25)29(34)21-36-20-26-15-8-9-16-27(26)31/h5-17,23,28H,4,18-21H2,1-3H3,(H,32,35)/t23-,28-/m0/s1. The van der Waals surface area contributed by atoms with Gasteiger partial charge in [0.25, 0.3) is 0 Å². The Bertz CT molecular complexity index is 1140. The molecule has 0 saturated carbocycles. The van der Waals surface area contributed by atoms with E-state index < -0.39 is 6.04 Å². The van der Waals surface area contributed by atoms with Gasteiger partial charge in [-0.25, -0.2) is 0 Å². The van der Waals surface area contributed by atoms with Crippen molar-refractivity contribution < 1.29 is 9.59 Å². The molecular weight excluding hydrogens is 488 g/mol. The van der Waals surface area contributed by atoms with Gasteiger partial charge in [0.1, 0.15) is 6.04 Å². The molecule has 0 saturated heterocycles. The summed E-state index contributed by atoms with van der Waals surface area (Å²) in [6.07, 6.45) is 1.28. The van der Waals surface area contributed by atoms with Crippen LogP contribution in [0.4, 0.5) is 0 Å². The minimum absolute atomic E-state index is 0.0290. The largest absolute Gasteiger partial charge is 0.352 e. The Morgan fingerprint density at radius 3 is 2.36 bits per heavy atom. The molecule has 0 aliphatic rings. The van der Waals surface area contributed by atoms with Gasteiger partial charge < -0.3 is 10.2 Å². The summed E-state index contributed by atoms with van der Waals surface area (Å²) in [7, 11) is 0. The SMILES string of the molecule is CC[C@H](C)NC(=O)[C@H](Cc1ccccc1)N(Cc1cccc(C)c1)C(=O)CSCc1ccccc1Cl. The summed E-state index contributed by atoms with van der Waals surface area (Å²) < 4.78 is 0. The van der Waals surface area contributed by atoms with Crippen LogP contribution in [0.5, 0.6) is 0 Å². The number of nitrogens with zero attached hydrogens (tertiary/aromatic N) is 1. The minimum Gasteiger partial charge on any atom is -0.352 e. The van der Waals surface area contributed by atoms with Crippen LogP contribution in [0.15, 0.2) is 78.9 Å². The van der Waals surface area contributed by atoms with E-state index in [1.54, 1.807) is 4.90 Å². The zero-order valence-corrected chi connectivity index (χ0v) is 22.8. The summed E-state index contributed by atoms with van der Waals surface area (Å²) >= 11 is 7.82. The summed E-state index contributed by atoms with van der Waals surface area (Å²) in [6.45, 7) is 6.44. The molecule has 0 unspecified atom stereocenters. The minimum atomic E-state index is -0.615. The molecule has 3 aromatic rings. The molecular formula is C30H35ClN2O2S. The first kappa shape index (κ1) is 27.8. The molecule has 2 atom stereocenters. The van der Waals surface area contributed by atoms with Crippen LogP contribution in [0, 0.1) is 6.92 Å². The predicted octanol–water partition coefficient (Wildman–Crippen LogP) is 6.44. The molecule has 0 spiro atoms. The molecule has 36 heavy (non-hydrogen) atoms. The molecule has 1 N–H and O–H groups in total. The Hall–Kier alpha value is -2.76. The van der Waals surface area contributed by atoms with Gasteiger partial charge in [0, 0.05) is 29.8 Å². The van der Waals surface area contributed by atoms with Crippen molar-refractivity contribution in [2.45, 2.75) is 58.0 Å². The highest BCUT2D eigenvalue weighted by molar-refractivity contribution is 7.99. The van der Waals surface area contributed by atoms with Crippen molar-refractivity contribution in [1.82, 2.24) is 10.2 Å². The van der Waals surface area contributed by atoms with Crippen molar-refractivity contribution in [3.63, 3.8) is 0 Å². The van der Waals surface area contributed by atoms with Gasteiger partial charge in [0.15, 0.2) is 0 Å². The highest BCUT2D eigenvalue weighted by Gasteiger charge is 2.30. The first-order valence-electron chi connectivity index (χ1n) is 12.4. The molecule has 0 radical (unpaired) electrons. The van der Waals surface area contributed by atoms with E-state index in [1.807, 2.05) is 93.6 Å². The number of carbonyl (C=O) groups is 2. The fourth-order valence-corrected chi connectivity index (χ4v) is 5.14. The van der Waals surface area contributed by atoms with E-state index >= 15 is 0 Å². The second-order valence-corrected chi connectivity index (χ2v) is 10.5. The van der Waals surface area contributed by atoms with Crippen molar-refractivity contribution in [2.75, 3.05) is 5.75 Å². The number of carbonyl (C=O) groups excluding carboxylic acids is 2. The summed E-state index contributed by atoms with van der Waals surface area (Å²) in [6, 6.07) is 25.1. The van der Waals surface area contributed by atoms with Crippen LogP contribution in [0.1, 0.15) is 42.5 Å². The third-order valence-electron chi connectivity index (χ3n) is 6.15. The Kier molecular flexibility index (Phi) is 10.9. The van der Waals surface area contributed by atoms with Crippen molar-refractivity contribution >= 4 is 35.2 Å². The van der Waals surface area contributed by atoms with E-state index in [2.05, 4.69) is 11.4 Å². The van der Waals surface area contributed by atoms with Gasteiger partial charge in [-0.1, -0.05) is 96.9 Å². The monoisotopic (exact) mass is 522 g/mol. The number of nitrogens with one attached hydrogen (secondary N) is 1. The molecule has 0 heterocycles. The molecule has 3 rings (SSSR count). The first-order valence-corrected chi connectivity index (χ1v) is 13.9. The maximum atomic E-state index is 13.7. The number of amides is 2. The van der Waals surface area contributed by atoms with Gasteiger partial charge >= 0.3 is 0 Å². The highest BCUT2D eigenvalue weighted by Crippen LogP contribution is 2.22. The van der Waals surface area contributed by atoms with Crippen LogP contribution in [0.3, 0.4) is 0 Å². The van der Waals surface area contributed by atoms with Crippen LogP contribution in [-0.2, 0) is 28.3 Å². The zero-order chi connectivity index (χ0) is 25.9. The fraction of sp³-hybridized carbons (Fsp3) is 0.333. The summed E-state index contributed by atoms with van der Waals surface area (Å²) in [5.41, 5.74) is 4.15. The van der Waals surface area contributed by atoms with E-state index in [-0.39, 0.29) is 23.6 Å². The van der Waals surface area contributed by atoms with E-state index in [9.17, 15) is 9.59 Å². The molecule has 0 aromatic heterocycles. The number of halogens is 1. The maximum absolute atomic E-state index is 13.7. The lowest BCUT2D eigenvalue weighted by Gasteiger charge is -2.32. The van der Waals surface area contributed by atoms with Gasteiger partial charge in [-0.2, -0.15) is 0 Å². The summed E-state index contributed by atoms with van der Waals surface area (Å²) in [5, 5.41) is 3.81. The Morgan fingerprint density at radius 2 is 1.67 bits per heavy atom. The molecule has 6 heteroatoms. The average Bonchev–Trinajstić information content (AvgIpc) is 2.87. The molecule has 0 aliphatic heterocycles. The molecule has 0 aliphatic carbocycles. The third-order valence-corrected chi connectivity index (χ3v) is 7.48. The quantitative estimate of drug-likeness (QED) is 0.298. The smallest absolute Gasteiger partial charge is 0.243 e. The van der Waals surface area contributed by atoms with Gasteiger partial charge in [-0.15, -0.1) is 11.8 Å². The molecule has 0 bridgehead atoms. The molecule has 0 fully saturated rings. The van der Waals surface area contributed by atoms with E-state index in [0.717, 1.165) is 28.7 Å².